The molecule has 0 bridgehead atoms. The molecular weight excluding hydrogens is 374 g/mol. The van der Waals surface area contributed by atoms with Crippen molar-refractivity contribution in [2.75, 3.05) is 7.11 Å². The van der Waals surface area contributed by atoms with Crippen molar-refractivity contribution >= 4 is 17.5 Å². The predicted octanol–water partition coefficient (Wildman–Crippen LogP) is 4.35. The van der Waals surface area contributed by atoms with Gasteiger partial charge >= 0.3 is 0 Å². The first-order chi connectivity index (χ1) is 13.6. The molecule has 0 fully saturated rings. The monoisotopic (exact) mass is 397 g/mol. The molecule has 0 saturated carbocycles. The molecule has 146 valence electrons. The highest BCUT2D eigenvalue weighted by molar-refractivity contribution is 6.31. The van der Waals surface area contributed by atoms with Crippen LogP contribution in [0.15, 0.2) is 67.0 Å². The lowest BCUT2D eigenvalue weighted by molar-refractivity contribution is -0.122. The van der Waals surface area contributed by atoms with Gasteiger partial charge in [0, 0.05) is 30.3 Å². The number of rotatable bonds is 8. The van der Waals surface area contributed by atoms with Crippen molar-refractivity contribution in [1.29, 1.82) is 0 Å². The molecule has 3 aromatic rings. The quantitative estimate of drug-likeness (QED) is 0.614. The van der Waals surface area contributed by atoms with Gasteiger partial charge in [0.1, 0.15) is 6.10 Å². The zero-order valence-electron chi connectivity index (χ0n) is 16.0. The topological polar surface area (TPSA) is 56.1 Å². The van der Waals surface area contributed by atoms with Gasteiger partial charge in [0.2, 0.25) is 5.91 Å². The van der Waals surface area contributed by atoms with Gasteiger partial charge in [-0.05, 0) is 37.1 Å². The van der Waals surface area contributed by atoms with Crippen LogP contribution in [0.1, 0.15) is 30.6 Å². The molecule has 5 nitrogen and oxygen atoms in total. The summed E-state index contributed by atoms with van der Waals surface area (Å²) >= 11 is 6.27. The van der Waals surface area contributed by atoms with Crippen molar-refractivity contribution < 1.29 is 9.53 Å². The molecule has 6 heteroatoms. The Bertz CT molecular complexity index is 911. The average molecular weight is 398 g/mol. The summed E-state index contributed by atoms with van der Waals surface area (Å²) in [5, 5.41) is 8.01. The molecule has 28 heavy (non-hydrogen) atoms. The van der Waals surface area contributed by atoms with E-state index in [9.17, 15) is 4.79 Å². The molecule has 0 aliphatic rings. The largest absolute Gasteiger partial charge is 0.375 e. The maximum absolute atomic E-state index is 12.4. The minimum atomic E-state index is -0.307. The smallest absolute Gasteiger partial charge is 0.220 e. The third-order valence-electron chi connectivity index (χ3n) is 4.61. The maximum Gasteiger partial charge on any atom is 0.220 e. The van der Waals surface area contributed by atoms with Crippen LogP contribution in [0.5, 0.6) is 0 Å². The van der Waals surface area contributed by atoms with Crippen molar-refractivity contribution in [1.82, 2.24) is 15.1 Å². The summed E-state index contributed by atoms with van der Waals surface area (Å²) in [6.07, 6.45) is 4.44. The highest BCUT2D eigenvalue weighted by Crippen LogP contribution is 2.27. The second-order valence-electron chi connectivity index (χ2n) is 6.66. The van der Waals surface area contributed by atoms with Gasteiger partial charge in [0.05, 0.1) is 17.9 Å². The third-order valence-corrected chi connectivity index (χ3v) is 4.95. The molecule has 1 heterocycles. The lowest BCUT2D eigenvalue weighted by Gasteiger charge is -2.25. The summed E-state index contributed by atoms with van der Waals surface area (Å²) < 4.78 is 7.40. The summed E-state index contributed by atoms with van der Waals surface area (Å²) in [7, 11) is 1.62. The molecule has 0 unspecified atom stereocenters. The Labute approximate surface area is 170 Å². The van der Waals surface area contributed by atoms with Crippen molar-refractivity contribution in [2.45, 2.75) is 31.9 Å². The van der Waals surface area contributed by atoms with Crippen LogP contribution >= 0.6 is 11.6 Å². The van der Waals surface area contributed by atoms with Gasteiger partial charge in [-0.1, -0.05) is 48.0 Å². The fourth-order valence-corrected chi connectivity index (χ4v) is 3.42. The summed E-state index contributed by atoms with van der Waals surface area (Å²) in [4.78, 5) is 12.4. The second kappa shape index (κ2) is 9.53. The predicted molar refractivity (Wildman–Crippen MR) is 111 cm³/mol. The molecule has 3 rings (SSSR count). The zero-order chi connectivity index (χ0) is 19.9. The Morgan fingerprint density at radius 3 is 2.61 bits per heavy atom. The van der Waals surface area contributed by atoms with E-state index < -0.39 is 0 Å². The van der Waals surface area contributed by atoms with E-state index in [1.807, 2.05) is 72.4 Å². The van der Waals surface area contributed by atoms with Crippen LogP contribution in [0.3, 0.4) is 0 Å². The van der Waals surface area contributed by atoms with Gasteiger partial charge in [-0.2, -0.15) is 5.10 Å². The van der Waals surface area contributed by atoms with Gasteiger partial charge in [-0.3, -0.25) is 4.79 Å². The lowest BCUT2D eigenvalue weighted by Crippen LogP contribution is -2.38. The van der Waals surface area contributed by atoms with Gasteiger partial charge < -0.3 is 10.1 Å². The van der Waals surface area contributed by atoms with Crippen LogP contribution in [0, 0.1) is 0 Å². The van der Waals surface area contributed by atoms with Crippen LogP contribution < -0.4 is 5.32 Å². The van der Waals surface area contributed by atoms with Crippen LogP contribution in [0.2, 0.25) is 5.02 Å². The van der Waals surface area contributed by atoms with Gasteiger partial charge in [-0.25, -0.2) is 4.68 Å². The molecule has 1 amide bonds. The van der Waals surface area contributed by atoms with Crippen LogP contribution in [-0.2, 0) is 16.0 Å². The van der Waals surface area contributed by atoms with E-state index in [-0.39, 0.29) is 18.1 Å². The number of nitrogens with zero attached hydrogens (tertiary/aromatic N) is 2. The average Bonchev–Trinajstić information content (AvgIpc) is 3.18. The molecule has 0 saturated heterocycles. The normalized spacial score (nSPS) is 13.1. The highest BCUT2D eigenvalue weighted by Gasteiger charge is 2.22. The lowest BCUT2D eigenvalue weighted by atomic mass is 10.0. The van der Waals surface area contributed by atoms with Gasteiger partial charge in [0.25, 0.3) is 0 Å². The minimum absolute atomic E-state index is 0.0333. The molecule has 0 aliphatic heterocycles. The number of carbonyl (C=O) groups excluding carboxylic acids is 1. The van der Waals surface area contributed by atoms with E-state index in [2.05, 4.69) is 10.4 Å². The zero-order valence-corrected chi connectivity index (χ0v) is 16.8. The molecule has 0 radical (unpaired) electrons. The van der Waals surface area contributed by atoms with E-state index >= 15 is 0 Å². The number of hydrogen-bond acceptors (Lipinski definition) is 3. The Hall–Kier alpha value is -2.63. The van der Waals surface area contributed by atoms with E-state index in [4.69, 9.17) is 16.3 Å². The molecule has 1 aromatic heterocycles. The number of carbonyl (C=O) groups is 1. The number of hydrogen-bond donors (Lipinski definition) is 1. The first-order valence-corrected chi connectivity index (χ1v) is 9.62. The molecule has 0 spiro atoms. The van der Waals surface area contributed by atoms with E-state index in [0.29, 0.717) is 17.9 Å². The number of halogens is 1. The highest BCUT2D eigenvalue weighted by atomic mass is 35.5. The number of aryl methyl sites for hydroxylation is 1. The summed E-state index contributed by atoms with van der Waals surface area (Å²) in [6.45, 7) is 1.92. The number of benzene rings is 2. The first kappa shape index (κ1) is 20.1. The molecule has 1 N–H and O–H groups in total. The first-order valence-electron chi connectivity index (χ1n) is 9.24. The fraction of sp³-hybridized carbons (Fsp3) is 0.273. The molecule has 0 aliphatic carbocycles. The number of ether oxygens (including phenoxy) is 1. The second-order valence-corrected chi connectivity index (χ2v) is 7.07. The number of methoxy groups -OCH3 is 1. The van der Waals surface area contributed by atoms with E-state index in [1.54, 1.807) is 13.3 Å². The fourth-order valence-electron chi connectivity index (χ4n) is 3.18. The van der Waals surface area contributed by atoms with Gasteiger partial charge in [-0.15, -0.1) is 0 Å². The molecular formula is C22H24ClN3O2. The molecule has 2 aromatic carbocycles. The minimum Gasteiger partial charge on any atom is -0.375 e. The maximum atomic E-state index is 12.4. The van der Waals surface area contributed by atoms with Crippen molar-refractivity contribution in [3.63, 3.8) is 0 Å². The number of para-hydroxylation sites is 1. The van der Waals surface area contributed by atoms with E-state index in [0.717, 1.165) is 16.8 Å². The number of nitrogens with one attached hydrogen (secondary N) is 1. The Morgan fingerprint density at radius 1 is 1.18 bits per heavy atom. The van der Waals surface area contributed by atoms with E-state index in [1.165, 1.54) is 0 Å². The van der Waals surface area contributed by atoms with Crippen LogP contribution in [-0.4, -0.2) is 28.8 Å². The Kier molecular flexibility index (Phi) is 6.85. The van der Waals surface area contributed by atoms with Crippen molar-refractivity contribution in [3.05, 3.63) is 83.1 Å². The Balaban J connectivity index is 1.55. The third kappa shape index (κ3) is 5.00. The van der Waals surface area contributed by atoms with Gasteiger partial charge in [0.15, 0.2) is 0 Å². The van der Waals surface area contributed by atoms with Crippen molar-refractivity contribution in [2.24, 2.45) is 0 Å². The number of amides is 1. The summed E-state index contributed by atoms with van der Waals surface area (Å²) in [6, 6.07) is 17.2. The standard InChI is InChI=1S/C22H24ClN3O2/c1-16(22(28-2)19-10-6-7-11-20(19)23)25-21(27)13-12-17-14-24-26(15-17)18-8-4-3-5-9-18/h3-11,14-16,22H,12-13H2,1-2H3,(H,25,27)/t16-,22+/m1/s1. The van der Waals surface area contributed by atoms with Crippen LogP contribution in [0.4, 0.5) is 0 Å². The number of aromatic nitrogens is 2. The summed E-state index contributed by atoms with van der Waals surface area (Å²) in [5.41, 5.74) is 2.87. The SMILES string of the molecule is CO[C@H](c1ccccc1Cl)[C@@H](C)NC(=O)CCc1cnn(-c2ccccc2)c1. The summed E-state index contributed by atoms with van der Waals surface area (Å²) in [5.74, 6) is -0.0333. The Morgan fingerprint density at radius 2 is 1.89 bits per heavy atom. The molecule has 2 atom stereocenters. The van der Waals surface area contributed by atoms with Crippen molar-refractivity contribution in [3.8, 4) is 5.69 Å². The van der Waals surface area contributed by atoms with Crippen LogP contribution in [0.25, 0.3) is 5.69 Å².